The van der Waals surface area contributed by atoms with Gasteiger partial charge >= 0.3 is 0 Å². The molecule has 1 aliphatic heterocycles. The summed E-state index contributed by atoms with van der Waals surface area (Å²) in [7, 11) is 0. The van der Waals surface area contributed by atoms with Crippen LogP contribution in [0, 0.1) is 13.8 Å². The van der Waals surface area contributed by atoms with Crippen LogP contribution in [0.3, 0.4) is 0 Å². The Kier molecular flexibility index (Phi) is 5.28. The van der Waals surface area contributed by atoms with E-state index in [0.29, 0.717) is 15.9 Å². The first-order valence-corrected chi connectivity index (χ1v) is 8.93. The molecule has 2 aromatic rings. The highest BCUT2D eigenvalue weighted by molar-refractivity contribution is 6.36. The van der Waals surface area contributed by atoms with Crippen molar-refractivity contribution in [2.24, 2.45) is 0 Å². The van der Waals surface area contributed by atoms with Crippen LogP contribution in [0.1, 0.15) is 24.7 Å². The summed E-state index contributed by atoms with van der Waals surface area (Å²) < 4.78 is 6.09. The summed E-state index contributed by atoms with van der Waals surface area (Å²) in [6.45, 7) is 9.08. The molecule has 1 saturated heterocycles. The van der Waals surface area contributed by atoms with Gasteiger partial charge in [0.1, 0.15) is 11.8 Å². The fourth-order valence-corrected chi connectivity index (χ4v) is 3.47. The molecule has 0 spiro atoms. The van der Waals surface area contributed by atoms with Gasteiger partial charge in [0.05, 0.1) is 16.4 Å². The molecule has 1 atom stereocenters. The summed E-state index contributed by atoms with van der Waals surface area (Å²) >= 11 is 12.3. The van der Waals surface area contributed by atoms with Crippen molar-refractivity contribution in [3.8, 4) is 17.1 Å². The van der Waals surface area contributed by atoms with E-state index in [1.165, 1.54) is 0 Å². The topological polar surface area (TPSA) is 38.2 Å². The zero-order valence-electron chi connectivity index (χ0n) is 14.1. The molecule has 24 heavy (non-hydrogen) atoms. The lowest BCUT2D eigenvalue weighted by atomic mass is 10.1. The Morgan fingerprint density at radius 1 is 1.21 bits per heavy atom. The maximum absolute atomic E-state index is 6.31. The molecule has 0 amide bonds. The first kappa shape index (κ1) is 17.5. The summed E-state index contributed by atoms with van der Waals surface area (Å²) in [5.74, 6) is 0.615. The molecule has 1 aromatic carbocycles. The molecule has 1 fully saturated rings. The van der Waals surface area contributed by atoms with Gasteiger partial charge in [-0.2, -0.15) is 0 Å². The Morgan fingerprint density at radius 2 is 2.00 bits per heavy atom. The molecule has 0 saturated carbocycles. The molecule has 2 heterocycles. The van der Waals surface area contributed by atoms with Gasteiger partial charge in [0.15, 0.2) is 0 Å². The molecule has 6 heteroatoms. The number of hydrogen-bond acceptors (Lipinski definition) is 4. The number of ether oxygens (including phenoxy) is 1. The van der Waals surface area contributed by atoms with Gasteiger partial charge in [0.2, 0.25) is 5.88 Å². The zero-order chi connectivity index (χ0) is 17.3. The number of hydrogen-bond donors (Lipinski definition) is 0. The number of benzene rings is 1. The van der Waals surface area contributed by atoms with E-state index in [9.17, 15) is 0 Å². The normalized spacial score (nSPS) is 18.1. The fourth-order valence-electron chi connectivity index (χ4n) is 2.97. The molecule has 0 N–H and O–H groups in total. The number of likely N-dealkylation sites (N-methyl/N-ethyl adjacent to an activating group) is 1. The van der Waals surface area contributed by atoms with E-state index < -0.39 is 0 Å². The molecule has 1 unspecified atom stereocenters. The smallest absolute Gasteiger partial charge is 0.235 e. The van der Waals surface area contributed by atoms with Crippen molar-refractivity contribution in [3.05, 3.63) is 39.6 Å². The summed E-state index contributed by atoms with van der Waals surface area (Å²) in [5.41, 5.74) is 3.17. The summed E-state index contributed by atoms with van der Waals surface area (Å²) in [5, 5.41) is 1.18. The van der Waals surface area contributed by atoms with Crippen LogP contribution >= 0.6 is 23.2 Å². The summed E-state index contributed by atoms with van der Waals surface area (Å²) in [6, 6.07) is 5.40. The molecule has 3 rings (SSSR count). The fraction of sp³-hybridized carbons (Fsp3) is 0.444. The third kappa shape index (κ3) is 3.66. The molecule has 0 aliphatic carbocycles. The van der Waals surface area contributed by atoms with Crippen molar-refractivity contribution in [3.63, 3.8) is 0 Å². The van der Waals surface area contributed by atoms with Crippen LogP contribution in [0.25, 0.3) is 11.3 Å². The predicted molar refractivity (Wildman–Crippen MR) is 98.1 cm³/mol. The van der Waals surface area contributed by atoms with E-state index >= 15 is 0 Å². The van der Waals surface area contributed by atoms with Crippen molar-refractivity contribution in [2.75, 3.05) is 19.6 Å². The van der Waals surface area contributed by atoms with Crippen LogP contribution in [0.2, 0.25) is 10.0 Å². The van der Waals surface area contributed by atoms with Crippen molar-refractivity contribution in [1.82, 2.24) is 14.9 Å². The number of aromatic nitrogens is 2. The van der Waals surface area contributed by atoms with Gasteiger partial charge in [-0.1, -0.05) is 30.1 Å². The van der Waals surface area contributed by atoms with Gasteiger partial charge in [-0.3, -0.25) is 4.90 Å². The number of halogens is 2. The molecule has 0 radical (unpaired) electrons. The first-order chi connectivity index (χ1) is 11.5. The van der Waals surface area contributed by atoms with E-state index in [0.717, 1.165) is 48.7 Å². The van der Waals surface area contributed by atoms with Gasteiger partial charge in [-0.25, -0.2) is 9.97 Å². The van der Waals surface area contributed by atoms with Gasteiger partial charge < -0.3 is 4.74 Å². The first-order valence-electron chi connectivity index (χ1n) is 8.17. The van der Waals surface area contributed by atoms with Crippen LogP contribution in [0.4, 0.5) is 0 Å². The minimum Gasteiger partial charge on any atom is -0.472 e. The molecule has 4 nitrogen and oxygen atoms in total. The lowest BCUT2D eigenvalue weighted by Gasteiger charge is -2.17. The van der Waals surface area contributed by atoms with Crippen LogP contribution in [-0.4, -0.2) is 40.6 Å². The van der Waals surface area contributed by atoms with Crippen LogP contribution in [0.15, 0.2) is 18.2 Å². The predicted octanol–water partition coefficient (Wildman–Crippen LogP) is 4.54. The Morgan fingerprint density at radius 3 is 2.67 bits per heavy atom. The maximum Gasteiger partial charge on any atom is 0.235 e. The Labute approximate surface area is 152 Å². The van der Waals surface area contributed by atoms with Gasteiger partial charge in [-0.05, 0) is 45.0 Å². The van der Waals surface area contributed by atoms with E-state index in [2.05, 4.69) is 21.8 Å². The third-order valence-electron chi connectivity index (χ3n) is 4.34. The van der Waals surface area contributed by atoms with Gasteiger partial charge in [-0.15, -0.1) is 0 Å². The highest BCUT2D eigenvalue weighted by atomic mass is 35.5. The molecule has 128 valence electrons. The van der Waals surface area contributed by atoms with Crippen molar-refractivity contribution >= 4 is 23.2 Å². The number of aryl methyl sites for hydroxylation is 2. The second-order valence-electron chi connectivity index (χ2n) is 6.09. The molecular weight excluding hydrogens is 345 g/mol. The standard InChI is InChI=1S/C18H21Cl2N3O/c1-4-23-8-7-14(10-23)24-18-12(3)21-17(11(2)22-18)15-6-5-13(19)9-16(15)20/h5-6,9,14H,4,7-8,10H2,1-3H3. The maximum atomic E-state index is 6.31. The quantitative estimate of drug-likeness (QED) is 0.796. The average Bonchev–Trinajstić information content (AvgIpc) is 2.99. The van der Waals surface area contributed by atoms with E-state index in [4.69, 9.17) is 27.9 Å². The van der Waals surface area contributed by atoms with Crippen molar-refractivity contribution in [2.45, 2.75) is 33.3 Å². The SMILES string of the molecule is CCN1CCC(Oc2nc(C)c(-c3ccc(Cl)cc3Cl)nc2C)C1. The molecular formula is C18H21Cl2N3O. The number of rotatable bonds is 4. The van der Waals surface area contributed by atoms with Crippen LogP contribution in [-0.2, 0) is 0 Å². The van der Waals surface area contributed by atoms with Crippen LogP contribution in [0.5, 0.6) is 5.88 Å². The van der Waals surface area contributed by atoms with Gasteiger partial charge in [0, 0.05) is 23.7 Å². The lowest BCUT2D eigenvalue weighted by Crippen LogP contribution is -2.25. The second kappa shape index (κ2) is 7.26. The Bertz CT molecular complexity index is 751. The highest BCUT2D eigenvalue weighted by Gasteiger charge is 2.24. The van der Waals surface area contributed by atoms with Crippen LogP contribution < -0.4 is 4.74 Å². The van der Waals surface area contributed by atoms with Gasteiger partial charge in [0.25, 0.3) is 0 Å². The molecule has 1 aromatic heterocycles. The van der Waals surface area contributed by atoms with E-state index in [1.54, 1.807) is 6.07 Å². The monoisotopic (exact) mass is 365 g/mol. The molecule has 1 aliphatic rings. The number of nitrogens with zero attached hydrogens (tertiary/aromatic N) is 3. The minimum absolute atomic E-state index is 0.183. The lowest BCUT2D eigenvalue weighted by molar-refractivity contribution is 0.192. The number of likely N-dealkylation sites (tertiary alicyclic amines) is 1. The Hall–Kier alpha value is -1.36. The van der Waals surface area contributed by atoms with Crippen molar-refractivity contribution in [1.29, 1.82) is 0 Å². The average molecular weight is 366 g/mol. The van der Waals surface area contributed by atoms with Crippen molar-refractivity contribution < 1.29 is 4.74 Å². The summed E-state index contributed by atoms with van der Waals surface area (Å²) in [4.78, 5) is 11.7. The minimum atomic E-state index is 0.183. The largest absolute Gasteiger partial charge is 0.472 e. The second-order valence-corrected chi connectivity index (χ2v) is 6.94. The van der Waals surface area contributed by atoms with E-state index in [-0.39, 0.29) is 6.10 Å². The third-order valence-corrected chi connectivity index (χ3v) is 4.89. The molecule has 0 bridgehead atoms. The summed E-state index contributed by atoms with van der Waals surface area (Å²) in [6.07, 6.45) is 1.21. The van der Waals surface area contributed by atoms with E-state index in [1.807, 2.05) is 26.0 Å². The zero-order valence-corrected chi connectivity index (χ0v) is 15.7. The Balaban J connectivity index is 1.86. The highest BCUT2D eigenvalue weighted by Crippen LogP contribution is 2.32.